The van der Waals surface area contributed by atoms with Gasteiger partial charge in [-0.3, -0.25) is 9.59 Å². The Bertz CT molecular complexity index is 400. The van der Waals surface area contributed by atoms with Crippen LogP contribution in [-0.4, -0.2) is 65.3 Å². The van der Waals surface area contributed by atoms with Gasteiger partial charge in [0.25, 0.3) is 11.8 Å². The van der Waals surface area contributed by atoms with Crippen molar-refractivity contribution in [2.45, 2.75) is 52.0 Å². The molecule has 0 aromatic heterocycles. The zero-order chi connectivity index (χ0) is 17.2. The zero-order valence-electron chi connectivity index (χ0n) is 13.9. The SMILES string of the molecule is CC.O=C(NC1CCCN(CCO)CC1)ON1C(=O)CCC1=O. The van der Waals surface area contributed by atoms with Gasteiger partial charge in [0, 0.05) is 32.0 Å². The second kappa shape index (κ2) is 10.2. The summed E-state index contributed by atoms with van der Waals surface area (Å²) in [5.41, 5.74) is 0. The molecule has 0 radical (unpaired) electrons. The first-order chi connectivity index (χ1) is 11.1. The van der Waals surface area contributed by atoms with Gasteiger partial charge in [0.1, 0.15) is 0 Å². The van der Waals surface area contributed by atoms with Gasteiger partial charge in [-0.2, -0.15) is 0 Å². The van der Waals surface area contributed by atoms with Crippen LogP contribution in [0.1, 0.15) is 46.0 Å². The number of nitrogens with one attached hydrogen (secondary N) is 1. The molecule has 132 valence electrons. The number of amides is 3. The molecule has 8 heteroatoms. The lowest BCUT2D eigenvalue weighted by molar-refractivity contribution is -0.171. The predicted molar refractivity (Wildman–Crippen MR) is 83.2 cm³/mol. The van der Waals surface area contributed by atoms with Crippen molar-refractivity contribution in [3.63, 3.8) is 0 Å². The highest BCUT2D eigenvalue weighted by Gasteiger charge is 2.33. The van der Waals surface area contributed by atoms with E-state index in [9.17, 15) is 14.4 Å². The number of carbonyl (C=O) groups excluding carboxylic acids is 3. The summed E-state index contributed by atoms with van der Waals surface area (Å²) in [6, 6.07) is -0.0472. The first-order valence-electron chi connectivity index (χ1n) is 8.27. The number of hydrogen-bond donors (Lipinski definition) is 2. The molecule has 8 nitrogen and oxygen atoms in total. The van der Waals surface area contributed by atoms with E-state index >= 15 is 0 Å². The molecular weight excluding hydrogens is 302 g/mol. The van der Waals surface area contributed by atoms with Crippen LogP contribution in [0.15, 0.2) is 0 Å². The Morgan fingerprint density at radius 2 is 1.87 bits per heavy atom. The maximum absolute atomic E-state index is 11.7. The van der Waals surface area contributed by atoms with Crippen molar-refractivity contribution in [1.29, 1.82) is 0 Å². The molecule has 2 aliphatic rings. The lowest BCUT2D eigenvalue weighted by Gasteiger charge is -2.20. The third-order valence-electron chi connectivity index (χ3n) is 3.74. The summed E-state index contributed by atoms with van der Waals surface area (Å²) >= 11 is 0. The second-order valence-electron chi connectivity index (χ2n) is 5.30. The normalized spacial score (nSPS) is 22.2. The number of aliphatic hydroxyl groups excluding tert-OH is 1. The molecule has 0 aliphatic carbocycles. The van der Waals surface area contributed by atoms with Gasteiger partial charge in [-0.1, -0.05) is 13.8 Å². The van der Waals surface area contributed by atoms with Crippen LogP contribution in [0.2, 0.25) is 0 Å². The largest absolute Gasteiger partial charge is 0.432 e. The molecule has 0 bridgehead atoms. The van der Waals surface area contributed by atoms with Crippen LogP contribution >= 0.6 is 0 Å². The minimum atomic E-state index is -0.765. The van der Waals surface area contributed by atoms with Gasteiger partial charge in [0.15, 0.2) is 0 Å². The summed E-state index contributed by atoms with van der Waals surface area (Å²) < 4.78 is 0. The minimum absolute atomic E-state index is 0.0472. The van der Waals surface area contributed by atoms with Gasteiger partial charge in [-0.05, 0) is 25.8 Å². The number of rotatable bonds is 4. The molecular formula is C15H27N3O5. The number of hydroxylamine groups is 2. The molecule has 3 amide bonds. The summed E-state index contributed by atoms with van der Waals surface area (Å²) in [7, 11) is 0. The van der Waals surface area contributed by atoms with Crippen LogP contribution < -0.4 is 5.32 Å². The van der Waals surface area contributed by atoms with E-state index in [0.29, 0.717) is 11.6 Å². The second-order valence-corrected chi connectivity index (χ2v) is 5.30. The number of carbonyl (C=O) groups is 3. The molecule has 2 N–H and O–H groups in total. The van der Waals surface area contributed by atoms with Gasteiger partial charge in [-0.15, -0.1) is 5.06 Å². The molecule has 23 heavy (non-hydrogen) atoms. The Balaban J connectivity index is 0.00000127. The minimum Gasteiger partial charge on any atom is -0.395 e. The third kappa shape index (κ3) is 6.15. The lowest BCUT2D eigenvalue weighted by Crippen LogP contribution is -2.41. The van der Waals surface area contributed by atoms with E-state index in [0.717, 1.165) is 32.4 Å². The van der Waals surface area contributed by atoms with E-state index in [1.54, 1.807) is 0 Å². The summed E-state index contributed by atoms with van der Waals surface area (Å²) in [5.74, 6) is -0.963. The molecule has 2 heterocycles. The molecule has 0 aromatic rings. The summed E-state index contributed by atoms with van der Waals surface area (Å²) in [4.78, 5) is 41.4. The number of aliphatic hydroxyl groups is 1. The first kappa shape index (κ1) is 19.4. The number of likely N-dealkylation sites (tertiary alicyclic amines) is 1. The van der Waals surface area contributed by atoms with E-state index in [2.05, 4.69) is 10.2 Å². The molecule has 0 saturated carbocycles. The maximum atomic E-state index is 11.7. The lowest BCUT2D eigenvalue weighted by atomic mass is 10.1. The fourth-order valence-corrected chi connectivity index (χ4v) is 2.60. The number of β-amino-alcohol motifs (C(OH)–C–C–N with tert-alkyl or cyclic N) is 1. The Morgan fingerprint density at radius 3 is 2.48 bits per heavy atom. The van der Waals surface area contributed by atoms with Crippen molar-refractivity contribution in [2.75, 3.05) is 26.2 Å². The number of imide groups is 1. The van der Waals surface area contributed by atoms with Crippen molar-refractivity contribution >= 4 is 17.9 Å². The quantitative estimate of drug-likeness (QED) is 0.735. The van der Waals surface area contributed by atoms with Crippen LogP contribution in [0.5, 0.6) is 0 Å². The molecule has 2 rings (SSSR count). The Morgan fingerprint density at radius 1 is 1.22 bits per heavy atom. The maximum Gasteiger partial charge on any atom is 0.432 e. The van der Waals surface area contributed by atoms with Gasteiger partial charge >= 0.3 is 6.09 Å². The van der Waals surface area contributed by atoms with E-state index < -0.39 is 17.9 Å². The predicted octanol–water partition coefficient (Wildman–Crippen LogP) is 0.650. The average molecular weight is 329 g/mol. The summed E-state index contributed by atoms with van der Waals surface area (Å²) in [6.45, 7) is 6.43. The summed E-state index contributed by atoms with van der Waals surface area (Å²) in [6.07, 6.45) is 1.87. The zero-order valence-corrected chi connectivity index (χ0v) is 13.9. The topological polar surface area (TPSA) is 99.2 Å². The summed E-state index contributed by atoms with van der Waals surface area (Å²) in [5, 5.41) is 12.2. The van der Waals surface area contributed by atoms with Gasteiger partial charge in [0.05, 0.1) is 6.61 Å². The highest BCUT2D eigenvalue weighted by molar-refractivity contribution is 6.01. The first-order valence-corrected chi connectivity index (χ1v) is 8.27. The van der Waals surface area contributed by atoms with Crippen molar-refractivity contribution in [3.8, 4) is 0 Å². The molecule has 2 saturated heterocycles. The van der Waals surface area contributed by atoms with Crippen LogP contribution in [0, 0.1) is 0 Å². The van der Waals surface area contributed by atoms with Gasteiger partial charge < -0.3 is 20.2 Å². The van der Waals surface area contributed by atoms with E-state index in [4.69, 9.17) is 9.94 Å². The molecule has 0 aromatic carbocycles. The highest BCUT2D eigenvalue weighted by Crippen LogP contribution is 2.14. The smallest absolute Gasteiger partial charge is 0.395 e. The Labute approximate surface area is 136 Å². The van der Waals surface area contributed by atoms with E-state index in [1.165, 1.54) is 0 Å². The van der Waals surface area contributed by atoms with Crippen LogP contribution in [0.4, 0.5) is 4.79 Å². The molecule has 2 aliphatic heterocycles. The number of nitrogens with zero attached hydrogens (tertiary/aromatic N) is 2. The fourth-order valence-electron chi connectivity index (χ4n) is 2.60. The monoisotopic (exact) mass is 329 g/mol. The highest BCUT2D eigenvalue weighted by atomic mass is 16.7. The Kier molecular flexibility index (Phi) is 8.57. The van der Waals surface area contributed by atoms with Crippen molar-refractivity contribution in [3.05, 3.63) is 0 Å². The molecule has 0 spiro atoms. The van der Waals surface area contributed by atoms with Crippen LogP contribution in [0.25, 0.3) is 0 Å². The third-order valence-corrected chi connectivity index (χ3v) is 3.74. The number of hydrogen-bond acceptors (Lipinski definition) is 6. The van der Waals surface area contributed by atoms with Crippen molar-refractivity contribution in [1.82, 2.24) is 15.3 Å². The van der Waals surface area contributed by atoms with Crippen molar-refractivity contribution in [2.24, 2.45) is 0 Å². The fraction of sp³-hybridized carbons (Fsp3) is 0.800. The van der Waals surface area contributed by atoms with Gasteiger partial charge in [-0.25, -0.2) is 4.79 Å². The molecule has 1 unspecified atom stereocenters. The van der Waals surface area contributed by atoms with Crippen molar-refractivity contribution < 1.29 is 24.3 Å². The average Bonchev–Trinajstić information content (AvgIpc) is 2.74. The molecule has 2 fully saturated rings. The van der Waals surface area contributed by atoms with Crippen LogP contribution in [0.3, 0.4) is 0 Å². The van der Waals surface area contributed by atoms with Crippen LogP contribution in [-0.2, 0) is 14.4 Å². The standard InChI is InChI=1S/C13H21N3O5.C2H6/c17-9-8-15-6-1-2-10(5-7-15)14-13(20)21-16-11(18)3-4-12(16)19;1-2/h10,17H,1-9H2,(H,14,20);1-2H3. The van der Waals surface area contributed by atoms with E-state index in [-0.39, 0.29) is 25.5 Å². The molecule has 1 atom stereocenters. The van der Waals surface area contributed by atoms with E-state index in [1.807, 2.05) is 13.8 Å². The van der Waals surface area contributed by atoms with Gasteiger partial charge in [0.2, 0.25) is 0 Å². The Hall–Kier alpha value is -1.67.